The van der Waals surface area contributed by atoms with Crippen molar-refractivity contribution in [2.24, 2.45) is 0 Å². The third-order valence-electron chi connectivity index (χ3n) is 2.78. The lowest BCUT2D eigenvalue weighted by atomic mass is 9.99. The highest BCUT2D eigenvalue weighted by Gasteiger charge is 2.36. The van der Waals surface area contributed by atoms with Gasteiger partial charge in [-0.1, -0.05) is 35.4 Å². The highest BCUT2D eigenvalue weighted by atomic mass is 35.5. The van der Waals surface area contributed by atoms with Crippen LogP contribution in [0, 0.1) is 0 Å². The molecule has 0 radical (unpaired) electrons. The SMILES string of the molecule is Clc1cc(Cl)c2c(c1)[C@H]1C=CC[C@H]1O2. The highest BCUT2D eigenvalue weighted by molar-refractivity contribution is 6.35. The fourth-order valence-electron chi connectivity index (χ4n) is 2.16. The van der Waals surface area contributed by atoms with Crippen molar-refractivity contribution in [3.05, 3.63) is 39.9 Å². The first-order chi connectivity index (χ1) is 6.75. The van der Waals surface area contributed by atoms with Gasteiger partial charge in [0.25, 0.3) is 0 Å². The molecule has 14 heavy (non-hydrogen) atoms. The second-order valence-electron chi connectivity index (χ2n) is 3.65. The van der Waals surface area contributed by atoms with Gasteiger partial charge in [0, 0.05) is 22.9 Å². The van der Waals surface area contributed by atoms with E-state index < -0.39 is 0 Å². The van der Waals surface area contributed by atoms with Gasteiger partial charge in [0.05, 0.1) is 5.02 Å². The van der Waals surface area contributed by atoms with E-state index in [-0.39, 0.29) is 6.10 Å². The minimum absolute atomic E-state index is 0.237. The summed E-state index contributed by atoms with van der Waals surface area (Å²) in [5.41, 5.74) is 1.13. The summed E-state index contributed by atoms with van der Waals surface area (Å²) >= 11 is 12.0. The predicted octanol–water partition coefficient (Wildman–Crippen LogP) is 3.80. The van der Waals surface area contributed by atoms with Crippen molar-refractivity contribution < 1.29 is 4.74 Å². The van der Waals surface area contributed by atoms with Crippen molar-refractivity contribution in [1.82, 2.24) is 0 Å². The van der Waals surface area contributed by atoms with E-state index in [1.807, 2.05) is 6.07 Å². The molecule has 1 aliphatic heterocycles. The van der Waals surface area contributed by atoms with Crippen LogP contribution in [-0.4, -0.2) is 6.10 Å². The van der Waals surface area contributed by atoms with E-state index >= 15 is 0 Å². The van der Waals surface area contributed by atoms with Gasteiger partial charge in [-0.15, -0.1) is 0 Å². The van der Waals surface area contributed by atoms with Gasteiger partial charge in [0.2, 0.25) is 0 Å². The minimum Gasteiger partial charge on any atom is -0.487 e. The second-order valence-corrected chi connectivity index (χ2v) is 4.50. The average Bonchev–Trinajstić information content (AvgIpc) is 2.65. The maximum Gasteiger partial charge on any atom is 0.142 e. The molecule has 0 aromatic heterocycles. The Balaban J connectivity index is 2.19. The summed E-state index contributed by atoms with van der Waals surface area (Å²) in [4.78, 5) is 0. The lowest BCUT2D eigenvalue weighted by Gasteiger charge is -2.07. The van der Waals surface area contributed by atoms with Crippen molar-refractivity contribution in [3.63, 3.8) is 0 Å². The number of ether oxygens (including phenoxy) is 1. The Hall–Kier alpha value is -0.660. The first kappa shape index (κ1) is 8.63. The molecule has 72 valence electrons. The predicted molar refractivity (Wildman–Crippen MR) is 57.4 cm³/mol. The van der Waals surface area contributed by atoms with E-state index in [1.54, 1.807) is 6.07 Å². The lowest BCUT2D eigenvalue weighted by Crippen LogP contribution is -2.11. The molecule has 0 saturated carbocycles. The Kier molecular flexibility index (Phi) is 1.80. The molecule has 0 spiro atoms. The molecule has 0 bridgehead atoms. The van der Waals surface area contributed by atoms with Gasteiger partial charge >= 0.3 is 0 Å². The molecule has 3 heteroatoms. The molecule has 0 unspecified atom stereocenters. The quantitative estimate of drug-likeness (QED) is 0.612. The summed E-state index contributed by atoms with van der Waals surface area (Å²) in [6.07, 6.45) is 5.52. The van der Waals surface area contributed by atoms with Crippen LogP contribution in [0.15, 0.2) is 24.3 Å². The van der Waals surface area contributed by atoms with E-state index in [4.69, 9.17) is 27.9 Å². The smallest absolute Gasteiger partial charge is 0.142 e. The molecule has 0 amide bonds. The largest absolute Gasteiger partial charge is 0.487 e. The summed E-state index contributed by atoms with van der Waals surface area (Å²) in [5.74, 6) is 1.16. The second kappa shape index (κ2) is 2.91. The summed E-state index contributed by atoms with van der Waals surface area (Å²) < 4.78 is 5.76. The molecule has 1 heterocycles. The Morgan fingerprint density at radius 2 is 2.14 bits per heavy atom. The van der Waals surface area contributed by atoms with Crippen LogP contribution in [0.1, 0.15) is 17.9 Å². The van der Waals surface area contributed by atoms with Crippen LogP contribution < -0.4 is 4.74 Å². The van der Waals surface area contributed by atoms with Crippen molar-refractivity contribution in [3.8, 4) is 5.75 Å². The highest BCUT2D eigenvalue weighted by Crippen LogP contribution is 2.47. The molecule has 0 N–H and O–H groups in total. The molecule has 1 aromatic carbocycles. The van der Waals surface area contributed by atoms with Crippen molar-refractivity contribution in [2.45, 2.75) is 18.4 Å². The lowest BCUT2D eigenvalue weighted by molar-refractivity contribution is 0.232. The van der Waals surface area contributed by atoms with Gasteiger partial charge in [-0.2, -0.15) is 0 Å². The summed E-state index contributed by atoms with van der Waals surface area (Å²) in [6.45, 7) is 0. The number of fused-ring (bicyclic) bond motifs is 3. The molecule has 1 aliphatic carbocycles. The number of halogens is 2. The Morgan fingerprint density at radius 3 is 3.00 bits per heavy atom. The zero-order valence-electron chi connectivity index (χ0n) is 7.34. The third kappa shape index (κ3) is 1.09. The molecule has 1 aromatic rings. The Morgan fingerprint density at radius 1 is 1.29 bits per heavy atom. The fraction of sp³-hybridized carbons (Fsp3) is 0.273. The Labute approximate surface area is 92.3 Å². The first-order valence-electron chi connectivity index (χ1n) is 4.58. The van der Waals surface area contributed by atoms with Crippen LogP contribution in [0.4, 0.5) is 0 Å². The van der Waals surface area contributed by atoms with E-state index in [1.165, 1.54) is 0 Å². The van der Waals surface area contributed by atoms with Crippen LogP contribution in [0.25, 0.3) is 0 Å². The molecule has 1 nitrogen and oxygen atoms in total. The standard InChI is InChI=1S/C11H8Cl2O/c12-6-4-8-7-2-1-3-10(7)14-11(8)9(13)5-6/h1-2,4-5,7,10H,3H2/t7-,10-/m1/s1. The summed E-state index contributed by atoms with van der Waals surface area (Å²) in [6, 6.07) is 3.68. The normalized spacial score (nSPS) is 27.3. The van der Waals surface area contributed by atoms with Crippen molar-refractivity contribution >= 4 is 23.2 Å². The van der Waals surface area contributed by atoms with Crippen LogP contribution in [0.5, 0.6) is 5.75 Å². The van der Waals surface area contributed by atoms with Gasteiger partial charge in [-0.05, 0) is 12.1 Å². The molecule has 2 aliphatic rings. The number of benzene rings is 1. The van der Waals surface area contributed by atoms with Crippen LogP contribution in [0.2, 0.25) is 10.0 Å². The van der Waals surface area contributed by atoms with Crippen LogP contribution >= 0.6 is 23.2 Å². The first-order valence-corrected chi connectivity index (χ1v) is 5.33. The maximum absolute atomic E-state index is 6.05. The zero-order valence-corrected chi connectivity index (χ0v) is 8.85. The number of hydrogen-bond donors (Lipinski definition) is 0. The molecular weight excluding hydrogens is 219 g/mol. The molecular formula is C11H8Cl2O. The molecule has 0 saturated heterocycles. The molecule has 3 rings (SSSR count). The number of hydrogen-bond acceptors (Lipinski definition) is 1. The van der Waals surface area contributed by atoms with Crippen LogP contribution in [0.3, 0.4) is 0 Å². The summed E-state index contributed by atoms with van der Waals surface area (Å²) in [7, 11) is 0. The van der Waals surface area contributed by atoms with Crippen molar-refractivity contribution in [1.29, 1.82) is 0 Å². The van der Waals surface area contributed by atoms with Crippen molar-refractivity contribution in [2.75, 3.05) is 0 Å². The van der Waals surface area contributed by atoms with Gasteiger partial charge in [-0.3, -0.25) is 0 Å². The van der Waals surface area contributed by atoms with Gasteiger partial charge in [0.1, 0.15) is 11.9 Å². The fourth-order valence-corrected chi connectivity index (χ4v) is 2.71. The van der Waals surface area contributed by atoms with E-state index in [0.29, 0.717) is 16.0 Å². The van der Waals surface area contributed by atoms with E-state index in [9.17, 15) is 0 Å². The van der Waals surface area contributed by atoms with Gasteiger partial charge in [0.15, 0.2) is 0 Å². The van der Waals surface area contributed by atoms with E-state index in [0.717, 1.165) is 17.7 Å². The minimum atomic E-state index is 0.237. The van der Waals surface area contributed by atoms with Crippen LogP contribution in [-0.2, 0) is 0 Å². The molecule has 0 fully saturated rings. The van der Waals surface area contributed by atoms with E-state index in [2.05, 4.69) is 12.2 Å². The third-order valence-corrected chi connectivity index (χ3v) is 3.28. The van der Waals surface area contributed by atoms with Gasteiger partial charge < -0.3 is 4.74 Å². The topological polar surface area (TPSA) is 9.23 Å². The summed E-state index contributed by atoms with van der Waals surface area (Å²) in [5, 5.41) is 1.30. The zero-order chi connectivity index (χ0) is 9.71. The average molecular weight is 227 g/mol. The monoisotopic (exact) mass is 226 g/mol. The Bertz CT molecular complexity index is 426. The molecule has 2 atom stereocenters. The van der Waals surface area contributed by atoms with Gasteiger partial charge in [-0.25, -0.2) is 0 Å². The maximum atomic E-state index is 6.05. The number of rotatable bonds is 0.